The van der Waals surface area contributed by atoms with Crippen molar-refractivity contribution < 1.29 is 4.74 Å². The molecule has 0 heterocycles. The first-order valence-corrected chi connectivity index (χ1v) is 10.9. The number of hydrogen-bond acceptors (Lipinski definition) is 1. The Morgan fingerprint density at radius 2 is 1.67 bits per heavy atom. The van der Waals surface area contributed by atoms with Crippen molar-refractivity contribution in [3.05, 3.63) is 48.1 Å². The topological polar surface area (TPSA) is 9.23 Å². The summed E-state index contributed by atoms with van der Waals surface area (Å²) < 4.78 is 5.60. The minimum Gasteiger partial charge on any atom is -0.494 e. The fourth-order valence-electron chi connectivity index (χ4n) is 3.67. The molecule has 0 unspecified atom stereocenters. The molecule has 1 fully saturated rings. The second kappa shape index (κ2) is 13.3. The Kier molecular flexibility index (Phi) is 10.5. The van der Waals surface area contributed by atoms with Crippen LogP contribution < -0.4 is 4.74 Å². The zero-order valence-corrected chi connectivity index (χ0v) is 17.3. The van der Waals surface area contributed by atoms with Gasteiger partial charge in [-0.15, -0.1) is 0 Å². The van der Waals surface area contributed by atoms with E-state index in [-0.39, 0.29) is 0 Å². The maximum absolute atomic E-state index is 5.60. The van der Waals surface area contributed by atoms with Gasteiger partial charge in [0, 0.05) is 0 Å². The molecule has 146 valence electrons. The van der Waals surface area contributed by atoms with Gasteiger partial charge in [-0.1, -0.05) is 69.6 Å². The van der Waals surface area contributed by atoms with Crippen LogP contribution >= 0.6 is 0 Å². The van der Waals surface area contributed by atoms with Crippen molar-refractivity contribution >= 4 is 6.08 Å². The molecule has 1 heteroatoms. The first-order chi connectivity index (χ1) is 13.3. The van der Waals surface area contributed by atoms with Gasteiger partial charge in [0.25, 0.3) is 0 Å². The highest BCUT2D eigenvalue weighted by atomic mass is 16.5. The standard InChI is InChI=1S/C26H36O/c1-3-5-8-11-23-14-16-24(17-15-23)12-9-6-7-10-13-25-18-20-26(21-19-25)27-22-4-2/h9-10,12-13,18-21,23-24H,3-5,8,11,14-17,22H2,1-2H3. The second-order valence-electron chi connectivity index (χ2n) is 7.68. The van der Waals surface area contributed by atoms with Crippen LogP contribution in [0.3, 0.4) is 0 Å². The number of benzene rings is 1. The van der Waals surface area contributed by atoms with E-state index in [0.717, 1.165) is 36.2 Å². The van der Waals surface area contributed by atoms with Crippen molar-refractivity contribution in [2.75, 3.05) is 6.61 Å². The third-order valence-corrected chi connectivity index (χ3v) is 5.35. The molecule has 0 amide bonds. The van der Waals surface area contributed by atoms with Crippen LogP contribution in [0.2, 0.25) is 0 Å². The number of allylic oxidation sites excluding steroid dienone is 3. The summed E-state index contributed by atoms with van der Waals surface area (Å²) in [6.45, 7) is 5.18. The van der Waals surface area contributed by atoms with Gasteiger partial charge in [0.1, 0.15) is 5.75 Å². The van der Waals surface area contributed by atoms with E-state index in [1.807, 2.05) is 30.4 Å². The molecule has 0 radical (unpaired) electrons. The van der Waals surface area contributed by atoms with Crippen molar-refractivity contribution in [3.63, 3.8) is 0 Å². The first kappa shape index (κ1) is 21.4. The predicted octanol–water partition coefficient (Wildman–Crippen LogP) is 7.43. The SMILES string of the molecule is CCCCCC1CCC(C=CC#CC=Cc2ccc(OCCC)cc2)CC1. The Labute approximate surface area is 166 Å². The Hall–Kier alpha value is -1.94. The van der Waals surface area contributed by atoms with E-state index in [4.69, 9.17) is 4.74 Å². The van der Waals surface area contributed by atoms with Gasteiger partial charge < -0.3 is 4.74 Å². The van der Waals surface area contributed by atoms with Crippen molar-refractivity contribution in [3.8, 4) is 17.6 Å². The van der Waals surface area contributed by atoms with Gasteiger partial charge in [-0.2, -0.15) is 0 Å². The van der Waals surface area contributed by atoms with Gasteiger partial charge in [0.05, 0.1) is 6.61 Å². The smallest absolute Gasteiger partial charge is 0.119 e. The van der Waals surface area contributed by atoms with Crippen LogP contribution in [0.15, 0.2) is 42.5 Å². The molecule has 0 spiro atoms. The van der Waals surface area contributed by atoms with Crippen LogP contribution in [-0.2, 0) is 0 Å². The number of unbranched alkanes of at least 4 members (excludes halogenated alkanes) is 2. The first-order valence-electron chi connectivity index (χ1n) is 10.9. The van der Waals surface area contributed by atoms with Gasteiger partial charge in [-0.3, -0.25) is 0 Å². The molecule has 0 bridgehead atoms. The summed E-state index contributed by atoms with van der Waals surface area (Å²) in [5.41, 5.74) is 1.15. The number of rotatable bonds is 9. The zero-order valence-electron chi connectivity index (χ0n) is 17.3. The van der Waals surface area contributed by atoms with Crippen molar-refractivity contribution in [1.82, 2.24) is 0 Å². The van der Waals surface area contributed by atoms with E-state index in [0.29, 0.717) is 0 Å². The lowest BCUT2D eigenvalue weighted by Gasteiger charge is -2.26. The molecule has 1 aliphatic carbocycles. The highest BCUT2D eigenvalue weighted by Crippen LogP contribution is 2.32. The number of ether oxygens (including phenoxy) is 1. The molecule has 27 heavy (non-hydrogen) atoms. The fourth-order valence-corrected chi connectivity index (χ4v) is 3.67. The Balaban J connectivity index is 1.67. The third kappa shape index (κ3) is 9.00. The highest BCUT2D eigenvalue weighted by molar-refractivity contribution is 5.54. The van der Waals surface area contributed by atoms with E-state index in [1.165, 1.54) is 51.4 Å². The van der Waals surface area contributed by atoms with Crippen LogP contribution in [-0.4, -0.2) is 6.61 Å². The van der Waals surface area contributed by atoms with Crippen molar-refractivity contribution in [2.24, 2.45) is 11.8 Å². The van der Waals surface area contributed by atoms with Gasteiger partial charge in [0.2, 0.25) is 0 Å². The Morgan fingerprint density at radius 3 is 2.37 bits per heavy atom. The summed E-state index contributed by atoms with van der Waals surface area (Å²) >= 11 is 0. The van der Waals surface area contributed by atoms with E-state index < -0.39 is 0 Å². The summed E-state index contributed by atoms with van der Waals surface area (Å²) in [6.07, 6.45) is 20.5. The van der Waals surface area contributed by atoms with Crippen LogP contribution in [0.25, 0.3) is 6.08 Å². The lowest BCUT2D eigenvalue weighted by Crippen LogP contribution is -2.12. The molecule has 1 nitrogen and oxygen atoms in total. The van der Waals surface area contributed by atoms with Crippen LogP contribution in [0.4, 0.5) is 0 Å². The summed E-state index contributed by atoms with van der Waals surface area (Å²) in [6, 6.07) is 8.17. The quantitative estimate of drug-likeness (QED) is 0.327. The summed E-state index contributed by atoms with van der Waals surface area (Å²) in [4.78, 5) is 0. The number of hydrogen-bond donors (Lipinski definition) is 0. The average molecular weight is 365 g/mol. The summed E-state index contributed by atoms with van der Waals surface area (Å²) in [7, 11) is 0. The summed E-state index contributed by atoms with van der Waals surface area (Å²) in [5, 5.41) is 0. The zero-order chi connectivity index (χ0) is 19.2. The maximum Gasteiger partial charge on any atom is 0.119 e. The van der Waals surface area contributed by atoms with Crippen LogP contribution in [0.1, 0.15) is 77.2 Å². The molecule has 1 saturated carbocycles. The molecule has 0 saturated heterocycles. The molecule has 0 atom stereocenters. The lowest BCUT2D eigenvalue weighted by atomic mass is 9.79. The van der Waals surface area contributed by atoms with Gasteiger partial charge in [0.15, 0.2) is 0 Å². The van der Waals surface area contributed by atoms with Crippen LogP contribution in [0.5, 0.6) is 5.75 Å². The monoisotopic (exact) mass is 364 g/mol. The van der Waals surface area contributed by atoms with E-state index in [9.17, 15) is 0 Å². The van der Waals surface area contributed by atoms with Crippen molar-refractivity contribution in [2.45, 2.75) is 71.6 Å². The van der Waals surface area contributed by atoms with E-state index in [2.05, 4.69) is 43.9 Å². The molecule has 1 aromatic rings. The van der Waals surface area contributed by atoms with E-state index in [1.54, 1.807) is 0 Å². The largest absolute Gasteiger partial charge is 0.494 e. The van der Waals surface area contributed by atoms with Crippen molar-refractivity contribution in [1.29, 1.82) is 0 Å². The Bertz CT molecular complexity index is 618. The Morgan fingerprint density at radius 1 is 0.926 bits per heavy atom. The maximum atomic E-state index is 5.60. The average Bonchev–Trinajstić information content (AvgIpc) is 2.71. The normalized spacial score (nSPS) is 19.9. The molecule has 1 aromatic carbocycles. The highest BCUT2D eigenvalue weighted by Gasteiger charge is 2.18. The molecular formula is C26H36O. The molecule has 2 rings (SSSR count). The van der Waals surface area contributed by atoms with Gasteiger partial charge >= 0.3 is 0 Å². The van der Waals surface area contributed by atoms with Gasteiger partial charge in [-0.05, 0) is 79.9 Å². The molecular weight excluding hydrogens is 328 g/mol. The fraction of sp³-hybridized carbons (Fsp3) is 0.538. The lowest BCUT2D eigenvalue weighted by molar-refractivity contribution is 0.289. The minimum atomic E-state index is 0.737. The molecule has 0 aliphatic heterocycles. The molecule has 0 N–H and O–H groups in total. The predicted molar refractivity (Wildman–Crippen MR) is 118 cm³/mol. The minimum absolute atomic E-state index is 0.737. The van der Waals surface area contributed by atoms with Gasteiger partial charge in [-0.25, -0.2) is 0 Å². The van der Waals surface area contributed by atoms with E-state index >= 15 is 0 Å². The van der Waals surface area contributed by atoms with Crippen LogP contribution in [0, 0.1) is 23.7 Å². The third-order valence-electron chi connectivity index (χ3n) is 5.35. The second-order valence-corrected chi connectivity index (χ2v) is 7.68. The summed E-state index contributed by atoms with van der Waals surface area (Å²) in [5.74, 6) is 8.92. The molecule has 0 aromatic heterocycles. The molecule has 1 aliphatic rings.